The Bertz CT molecular complexity index is 997. The largest absolute Gasteiger partial charge is 0.382 e. The van der Waals surface area contributed by atoms with Crippen molar-refractivity contribution < 1.29 is 14.3 Å². The van der Waals surface area contributed by atoms with E-state index in [1.165, 1.54) is 11.3 Å². The van der Waals surface area contributed by atoms with Crippen LogP contribution in [-0.2, 0) is 16.5 Å². The molecule has 0 bridgehead atoms. The van der Waals surface area contributed by atoms with Gasteiger partial charge in [0.2, 0.25) is 0 Å². The van der Waals surface area contributed by atoms with E-state index in [1.54, 1.807) is 29.7 Å². The van der Waals surface area contributed by atoms with Gasteiger partial charge in [-0.1, -0.05) is 0 Å². The van der Waals surface area contributed by atoms with Crippen molar-refractivity contribution in [3.8, 4) is 21.8 Å². The van der Waals surface area contributed by atoms with E-state index in [0.717, 1.165) is 47.5 Å². The molecule has 0 aromatic carbocycles. The highest BCUT2D eigenvalue weighted by Gasteiger charge is 2.24. The van der Waals surface area contributed by atoms with Gasteiger partial charge in [-0.25, -0.2) is 4.98 Å². The minimum Gasteiger partial charge on any atom is -0.382 e. The Morgan fingerprint density at radius 3 is 2.68 bits per heavy atom. The molecule has 164 valence electrons. The second kappa shape index (κ2) is 10.1. The van der Waals surface area contributed by atoms with Gasteiger partial charge < -0.3 is 14.8 Å². The van der Waals surface area contributed by atoms with Crippen LogP contribution in [0.25, 0.3) is 21.8 Å². The third-order valence-electron chi connectivity index (χ3n) is 5.42. The summed E-state index contributed by atoms with van der Waals surface area (Å²) < 4.78 is 12.6. The zero-order valence-corrected chi connectivity index (χ0v) is 18.6. The first-order valence-electron chi connectivity index (χ1n) is 10.4. The van der Waals surface area contributed by atoms with Crippen LogP contribution in [0.5, 0.6) is 0 Å². The molecule has 9 heteroatoms. The maximum Gasteiger partial charge on any atom is 0.251 e. The van der Waals surface area contributed by atoms with E-state index >= 15 is 0 Å². The van der Waals surface area contributed by atoms with Gasteiger partial charge in [-0.2, -0.15) is 5.10 Å². The number of ether oxygens (including phenoxy) is 2. The van der Waals surface area contributed by atoms with E-state index in [4.69, 9.17) is 14.5 Å². The van der Waals surface area contributed by atoms with Crippen molar-refractivity contribution in [2.75, 3.05) is 20.3 Å². The van der Waals surface area contributed by atoms with Gasteiger partial charge in [-0.3, -0.25) is 14.5 Å². The number of thiazole rings is 1. The average molecular weight is 442 g/mol. The van der Waals surface area contributed by atoms with E-state index in [1.807, 2.05) is 25.4 Å². The molecule has 1 saturated carbocycles. The van der Waals surface area contributed by atoms with Crippen LogP contribution in [0, 0.1) is 0 Å². The van der Waals surface area contributed by atoms with E-state index < -0.39 is 0 Å². The fourth-order valence-corrected chi connectivity index (χ4v) is 4.35. The average Bonchev–Trinajstić information content (AvgIpc) is 3.47. The Morgan fingerprint density at radius 1 is 1.19 bits per heavy atom. The second-order valence-electron chi connectivity index (χ2n) is 7.71. The summed E-state index contributed by atoms with van der Waals surface area (Å²) in [6, 6.07) is 3.81. The Hall–Kier alpha value is -2.62. The number of amides is 1. The predicted molar refractivity (Wildman–Crippen MR) is 119 cm³/mol. The summed E-state index contributed by atoms with van der Waals surface area (Å²) >= 11 is 1.50. The standard InChI is InChI=1S/C22H27N5O3S/c1-27-13-16(11-24-27)19-9-15(10-20(26-19)21-12-23-14-31-21)22(28)25-17-3-5-18(6-4-17)30-8-7-29-2/h9-14,17-18H,3-8H2,1-2H3,(H,25,28). The summed E-state index contributed by atoms with van der Waals surface area (Å²) in [5.74, 6) is -0.0814. The van der Waals surface area contributed by atoms with Gasteiger partial charge in [0.25, 0.3) is 5.91 Å². The molecule has 3 aromatic rings. The van der Waals surface area contributed by atoms with Crippen LogP contribution in [0.1, 0.15) is 36.0 Å². The maximum atomic E-state index is 13.1. The molecule has 1 aliphatic carbocycles. The van der Waals surface area contributed by atoms with Crippen LogP contribution < -0.4 is 5.32 Å². The molecule has 0 saturated heterocycles. The second-order valence-corrected chi connectivity index (χ2v) is 8.59. The smallest absolute Gasteiger partial charge is 0.251 e. The van der Waals surface area contributed by atoms with Crippen molar-refractivity contribution in [1.82, 2.24) is 25.1 Å². The lowest BCUT2D eigenvalue weighted by atomic mass is 9.92. The summed E-state index contributed by atoms with van der Waals surface area (Å²) in [5, 5.41) is 7.43. The van der Waals surface area contributed by atoms with E-state index in [2.05, 4.69) is 15.4 Å². The molecule has 0 unspecified atom stereocenters. The van der Waals surface area contributed by atoms with Gasteiger partial charge in [0.05, 0.1) is 47.3 Å². The van der Waals surface area contributed by atoms with Gasteiger partial charge in [0.1, 0.15) is 0 Å². The molecule has 0 spiro atoms. The zero-order chi connectivity index (χ0) is 21.6. The molecule has 1 fully saturated rings. The van der Waals surface area contributed by atoms with Crippen molar-refractivity contribution >= 4 is 17.2 Å². The fraction of sp³-hybridized carbons (Fsp3) is 0.455. The Morgan fingerprint density at radius 2 is 2.00 bits per heavy atom. The first-order chi connectivity index (χ1) is 15.1. The topological polar surface area (TPSA) is 91.2 Å². The van der Waals surface area contributed by atoms with Crippen LogP contribution in [-0.4, -0.2) is 58.1 Å². The van der Waals surface area contributed by atoms with Crippen LogP contribution in [0.3, 0.4) is 0 Å². The zero-order valence-electron chi connectivity index (χ0n) is 17.8. The third-order valence-corrected chi connectivity index (χ3v) is 6.22. The molecular weight excluding hydrogens is 414 g/mol. The Kier molecular flexibility index (Phi) is 7.06. The van der Waals surface area contributed by atoms with Gasteiger partial charge in [0.15, 0.2) is 0 Å². The van der Waals surface area contributed by atoms with Crippen molar-refractivity contribution in [1.29, 1.82) is 0 Å². The number of carbonyl (C=O) groups is 1. The van der Waals surface area contributed by atoms with Crippen molar-refractivity contribution in [2.24, 2.45) is 7.05 Å². The number of rotatable bonds is 8. The molecule has 0 aliphatic heterocycles. The molecule has 0 radical (unpaired) electrons. The number of hydrogen-bond acceptors (Lipinski definition) is 7. The normalized spacial score (nSPS) is 18.8. The molecule has 31 heavy (non-hydrogen) atoms. The monoisotopic (exact) mass is 441 g/mol. The lowest BCUT2D eigenvalue weighted by molar-refractivity contribution is -0.00408. The van der Waals surface area contributed by atoms with Crippen LogP contribution >= 0.6 is 11.3 Å². The van der Waals surface area contributed by atoms with E-state index in [9.17, 15) is 4.79 Å². The predicted octanol–water partition coefficient (Wildman–Crippen LogP) is 3.31. The molecule has 1 amide bonds. The van der Waals surface area contributed by atoms with Gasteiger partial charge in [0, 0.05) is 43.7 Å². The number of aryl methyl sites for hydroxylation is 1. The van der Waals surface area contributed by atoms with Crippen LogP contribution in [0.4, 0.5) is 0 Å². The number of pyridine rings is 1. The van der Waals surface area contributed by atoms with E-state index in [0.29, 0.717) is 18.8 Å². The van der Waals surface area contributed by atoms with Gasteiger partial charge in [-0.15, -0.1) is 11.3 Å². The van der Waals surface area contributed by atoms with Crippen molar-refractivity contribution in [3.63, 3.8) is 0 Å². The minimum atomic E-state index is -0.0814. The lowest BCUT2D eigenvalue weighted by Gasteiger charge is -2.29. The summed E-state index contributed by atoms with van der Waals surface area (Å²) in [6.45, 7) is 1.23. The van der Waals surface area contributed by atoms with Crippen molar-refractivity contribution in [3.05, 3.63) is 41.8 Å². The summed E-state index contributed by atoms with van der Waals surface area (Å²) in [7, 11) is 3.54. The van der Waals surface area contributed by atoms with E-state index in [-0.39, 0.29) is 18.1 Å². The first-order valence-corrected chi connectivity index (χ1v) is 11.3. The first kappa shape index (κ1) is 21.6. The minimum absolute atomic E-state index is 0.0814. The number of nitrogens with zero attached hydrogens (tertiary/aromatic N) is 4. The number of aromatic nitrogens is 4. The quantitative estimate of drug-likeness (QED) is 0.539. The number of carbonyl (C=O) groups excluding carboxylic acids is 1. The molecule has 0 atom stereocenters. The molecule has 3 heterocycles. The molecule has 3 aromatic heterocycles. The molecule has 1 aliphatic rings. The Balaban J connectivity index is 1.47. The fourth-order valence-electron chi connectivity index (χ4n) is 3.77. The SMILES string of the molecule is COCCOC1CCC(NC(=O)c2cc(-c3cnn(C)c3)nc(-c3cncs3)c2)CC1. The van der Waals surface area contributed by atoms with Gasteiger partial charge in [-0.05, 0) is 37.8 Å². The summed E-state index contributed by atoms with van der Waals surface area (Å²) in [5.41, 5.74) is 4.69. The molecule has 1 N–H and O–H groups in total. The van der Waals surface area contributed by atoms with Crippen molar-refractivity contribution in [2.45, 2.75) is 37.8 Å². The van der Waals surface area contributed by atoms with Crippen LogP contribution in [0.2, 0.25) is 0 Å². The Labute approximate surface area is 185 Å². The number of methoxy groups -OCH3 is 1. The highest BCUT2D eigenvalue weighted by atomic mass is 32.1. The number of hydrogen-bond donors (Lipinski definition) is 1. The number of nitrogens with one attached hydrogen (secondary N) is 1. The third kappa shape index (κ3) is 5.55. The summed E-state index contributed by atoms with van der Waals surface area (Å²) in [6.07, 6.45) is 9.37. The highest BCUT2D eigenvalue weighted by molar-refractivity contribution is 7.13. The highest BCUT2D eigenvalue weighted by Crippen LogP contribution is 2.27. The van der Waals surface area contributed by atoms with Crippen LogP contribution in [0.15, 0.2) is 36.2 Å². The lowest BCUT2D eigenvalue weighted by Crippen LogP contribution is -2.39. The summed E-state index contributed by atoms with van der Waals surface area (Å²) in [4.78, 5) is 22.9. The molecule has 4 rings (SSSR count). The van der Waals surface area contributed by atoms with Gasteiger partial charge >= 0.3 is 0 Å². The molecular formula is C22H27N5O3S. The molecule has 8 nitrogen and oxygen atoms in total. The maximum absolute atomic E-state index is 13.1.